The lowest BCUT2D eigenvalue weighted by molar-refractivity contribution is 0.842. The molecule has 3 rings (SSSR count). The maximum Gasteiger partial charge on any atom is 0.0217 e. The van der Waals surface area contributed by atoms with Gasteiger partial charge in [-0.05, 0) is 22.3 Å². The first kappa shape index (κ1) is 10.3. The molecule has 0 fully saturated rings. The van der Waals surface area contributed by atoms with Gasteiger partial charge in [0.15, 0.2) is 0 Å². The summed E-state index contributed by atoms with van der Waals surface area (Å²) in [5.41, 5.74) is 5.83. The van der Waals surface area contributed by atoms with Gasteiger partial charge in [0.05, 0.1) is 0 Å². The van der Waals surface area contributed by atoms with E-state index in [1.165, 1.54) is 22.3 Å². The highest BCUT2D eigenvalue weighted by Gasteiger charge is 2.30. The summed E-state index contributed by atoms with van der Waals surface area (Å²) in [6, 6.07) is 17.6. The standard InChI is InChI=1S/C15H13I/c1-10(16)15-13-8-4-2-6-11(13)12-7-3-5-9-14(12)15/h2-10,15H,1H3/t10-/m1/s1. The van der Waals surface area contributed by atoms with E-state index in [-0.39, 0.29) is 0 Å². The van der Waals surface area contributed by atoms with Crippen molar-refractivity contribution in [3.05, 3.63) is 59.7 Å². The van der Waals surface area contributed by atoms with Crippen molar-refractivity contribution >= 4 is 22.6 Å². The van der Waals surface area contributed by atoms with Crippen LogP contribution in [0.2, 0.25) is 0 Å². The molecule has 2 aromatic rings. The molecule has 1 atom stereocenters. The number of benzene rings is 2. The zero-order chi connectivity index (χ0) is 11.1. The van der Waals surface area contributed by atoms with Gasteiger partial charge in [-0.1, -0.05) is 78.0 Å². The van der Waals surface area contributed by atoms with E-state index in [1.807, 2.05) is 0 Å². The first-order valence-electron chi connectivity index (χ1n) is 5.61. The van der Waals surface area contributed by atoms with Crippen molar-refractivity contribution in [3.8, 4) is 11.1 Å². The smallest absolute Gasteiger partial charge is 0.0217 e. The van der Waals surface area contributed by atoms with Gasteiger partial charge in [0, 0.05) is 9.84 Å². The summed E-state index contributed by atoms with van der Waals surface area (Å²) < 4.78 is 0.627. The number of rotatable bonds is 1. The van der Waals surface area contributed by atoms with Crippen molar-refractivity contribution in [1.82, 2.24) is 0 Å². The topological polar surface area (TPSA) is 0 Å². The Morgan fingerprint density at radius 1 is 0.875 bits per heavy atom. The lowest BCUT2D eigenvalue weighted by Crippen LogP contribution is -2.06. The maximum atomic E-state index is 2.54. The SMILES string of the molecule is C[C@@H](I)C1c2ccccc2-c2ccccc21. The van der Waals surface area contributed by atoms with E-state index in [1.54, 1.807) is 0 Å². The second-order valence-electron chi connectivity index (χ2n) is 4.33. The van der Waals surface area contributed by atoms with Crippen LogP contribution >= 0.6 is 22.6 Å². The van der Waals surface area contributed by atoms with Crippen molar-refractivity contribution in [1.29, 1.82) is 0 Å². The highest BCUT2D eigenvalue weighted by Crippen LogP contribution is 2.47. The molecule has 0 nitrogen and oxygen atoms in total. The summed E-state index contributed by atoms with van der Waals surface area (Å²) in [4.78, 5) is 0. The highest BCUT2D eigenvalue weighted by molar-refractivity contribution is 14.1. The zero-order valence-electron chi connectivity index (χ0n) is 9.15. The molecular weight excluding hydrogens is 307 g/mol. The van der Waals surface area contributed by atoms with Crippen LogP contribution in [-0.4, -0.2) is 3.92 Å². The normalized spacial score (nSPS) is 15.6. The Bertz CT molecular complexity index is 483. The van der Waals surface area contributed by atoms with Crippen LogP contribution < -0.4 is 0 Å². The molecule has 2 aromatic carbocycles. The first-order chi connectivity index (χ1) is 7.79. The fourth-order valence-electron chi connectivity index (χ4n) is 2.69. The molecule has 0 heterocycles. The fourth-order valence-corrected chi connectivity index (χ4v) is 3.46. The van der Waals surface area contributed by atoms with Gasteiger partial charge < -0.3 is 0 Å². The second kappa shape index (κ2) is 3.88. The van der Waals surface area contributed by atoms with E-state index in [4.69, 9.17) is 0 Å². The predicted octanol–water partition coefficient (Wildman–Crippen LogP) is 4.62. The van der Waals surface area contributed by atoms with Crippen LogP contribution in [0.25, 0.3) is 11.1 Å². The van der Waals surface area contributed by atoms with Gasteiger partial charge in [-0.3, -0.25) is 0 Å². The molecule has 0 amide bonds. The highest BCUT2D eigenvalue weighted by atomic mass is 127. The van der Waals surface area contributed by atoms with E-state index in [0.29, 0.717) is 9.84 Å². The van der Waals surface area contributed by atoms with E-state index in [2.05, 4.69) is 78.0 Å². The van der Waals surface area contributed by atoms with Crippen molar-refractivity contribution in [2.24, 2.45) is 0 Å². The monoisotopic (exact) mass is 320 g/mol. The molecular formula is C15H13I. The molecule has 1 aliphatic carbocycles. The summed E-state index contributed by atoms with van der Waals surface area (Å²) in [6.45, 7) is 2.30. The van der Waals surface area contributed by atoms with Crippen molar-refractivity contribution < 1.29 is 0 Å². The zero-order valence-corrected chi connectivity index (χ0v) is 11.3. The Hall–Kier alpha value is -0.830. The molecule has 0 radical (unpaired) electrons. The molecule has 80 valence electrons. The minimum atomic E-state index is 0.563. The van der Waals surface area contributed by atoms with E-state index in [0.717, 1.165) is 0 Å². The van der Waals surface area contributed by atoms with Gasteiger partial charge in [0.2, 0.25) is 0 Å². The predicted molar refractivity (Wildman–Crippen MR) is 77.2 cm³/mol. The molecule has 0 spiro atoms. The lowest BCUT2D eigenvalue weighted by atomic mass is 9.94. The molecule has 1 heteroatoms. The number of fused-ring (bicyclic) bond motifs is 3. The van der Waals surface area contributed by atoms with E-state index in [9.17, 15) is 0 Å². The Morgan fingerprint density at radius 3 is 1.75 bits per heavy atom. The molecule has 0 saturated heterocycles. The van der Waals surface area contributed by atoms with E-state index < -0.39 is 0 Å². The maximum absolute atomic E-state index is 2.54. The quantitative estimate of drug-likeness (QED) is 0.531. The third-order valence-electron chi connectivity index (χ3n) is 3.34. The van der Waals surface area contributed by atoms with Crippen LogP contribution in [0.4, 0.5) is 0 Å². The first-order valence-corrected chi connectivity index (χ1v) is 6.86. The minimum Gasteiger partial charge on any atom is -0.0819 e. The van der Waals surface area contributed by atoms with Crippen LogP contribution in [0.5, 0.6) is 0 Å². The average Bonchev–Trinajstić information content (AvgIpc) is 2.63. The summed E-state index contributed by atoms with van der Waals surface area (Å²) >= 11 is 2.54. The Kier molecular flexibility index (Phi) is 2.51. The molecule has 0 saturated carbocycles. The number of hydrogen-bond donors (Lipinski definition) is 0. The molecule has 16 heavy (non-hydrogen) atoms. The van der Waals surface area contributed by atoms with Crippen LogP contribution in [0, 0.1) is 0 Å². The summed E-state index contributed by atoms with van der Waals surface area (Å²) in [5.74, 6) is 0.563. The second-order valence-corrected chi connectivity index (χ2v) is 6.29. The van der Waals surface area contributed by atoms with Crippen LogP contribution in [-0.2, 0) is 0 Å². The number of halogens is 1. The van der Waals surface area contributed by atoms with Crippen molar-refractivity contribution in [2.45, 2.75) is 16.8 Å². The lowest BCUT2D eigenvalue weighted by Gasteiger charge is -2.16. The van der Waals surface area contributed by atoms with Gasteiger partial charge in [-0.2, -0.15) is 0 Å². The Morgan fingerprint density at radius 2 is 1.31 bits per heavy atom. The van der Waals surface area contributed by atoms with Gasteiger partial charge in [0.25, 0.3) is 0 Å². The third-order valence-corrected chi connectivity index (χ3v) is 4.06. The van der Waals surface area contributed by atoms with Crippen molar-refractivity contribution in [3.63, 3.8) is 0 Å². The third kappa shape index (κ3) is 1.41. The summed E-state index contributed by atoms with van der Waals surface area (Å²) in [5, 5.41) is 0. The number of alkyl halides is 1. The molecule has 1 aliphatic rings. The molecule has 0 aliphatic heterocycles. The fraction of sp³-hybridized carbons (Fsp3) is 0.200. The summed E-state index contributed by atoms with van der Waals surface area (Å²) in [6.07, 6.45) is 0. The summed E-state index contributed by atoms with van der Waals surface area (Å²) in [7, 11) is 0. The van der Waals surface area contributed by atoms with Gasteiger partial charge in [-0.25, -0.2) is 0 Å². The minimum absolute atomic E-state index is 0.563. The van der Waals surface area contributed by atoms with E-state index >= 15 is 0 Å². The van der Waals surface area contributed by atoms with Crippen LogP contribution in [0.3, 0.4) is 0 Å². The largest absolute Gasteiger partial charge is 0.0819 e. The van der Waals surface area contributed by atoms with Crippen LogP contribution in [0.15, 0.2) is 48.5 Å². The van der Waals surface area contributed by atoms with Crippen molar-refractivity contribution in [2.75, 3.05) is 0 Å². The Labute approximate surface area is 110 Å². The van der Waals surface area contributed by atoms with Gasteiger partial charge in [-0.15, -0.1) is 0 Å². The number of hydrogen-bond acceptors (Lipinski definition) is 0. The van der Waals surface area contributed by atoms with Crippen LogP contribution in [0.1, 0.15) is 24.0 Å². The molecule has 0 N–H and O–H groups in total. The Balaban J connectivity index is 2.30. The van der Waals surface area contributed by atoms with Gasteiger partial charge in [0.1, 0.15) is 0 Å². The average molecular weight is 320 g/mol. The molecule has 0 aromatic heterocycles. The molecule has 0 unspecified atom stereocenters. The van der Waals surface area contributed by atoms with Gasteiger partial charge >= 0.3 is 0 Å². The molecule has 0 bridgehead atoms.